The molecule has 0 unspecified atom stereocenters. The summed E-state index contributed by atoms with van der Waals surface area (Å²) in [5, 5.41) is 12.2. The molecule has 0 amide bonds. The van der Waals surface area contributed by atoms with Gasteiger partial charge >= 0.3 is 0 Å². The summed E-state index contributed by atoms with van der Waals surface area (Å²) < 4.78 is 0. The highest BCUT2D eigenvalue weighted by Crippen LogP contribution is 2.23. The molecular formula is C9H15ClN2OS. The smallest absolute Gasteiger partial charge is 0.186 e. The number of rotatable bonds is 6. The minimum Gasteiger partial charge on any atom is -0.395 e. The summed E-state index contributed by atoms with van der Waals surface area (Å²) in [6, 6.07) is 0. The van der Waals surface area contributed by atoms with E-state index in [1.54, 1.807) is 0 Å². The molecule has 0 saturated carbocycles. The van der Waals surface area contributed by atoms with Crippen LogP contribution < -0.4 is 4.90 Å². The maximum absolute atomic E-state index is 8.91. The van der Waals surface area contributed by atoms with E-state index in [9.17, 15) is 0 Å². The number of aliphatic hydroxyl groups is 1. The zero-order valence-corrected chi connectivity index (χ0v) is 9.81. The number of hydrogen-bond donors (Lipinski definition) is 1. The zero-order valence-electron chi connectivity index (χ0n) is 8.24. The molecule has 0 saturated heterocycles. The van der Waals surface area contributed by atoms with Gasteiger partial charge < -0.3 is 10.0 Å². The minimum atomic E-state index is 0.154. The van der Waals surface area contributed by atoms with Gasteiger partial charge in [0.05, 0.1) is 6.61 Å². The normalized spacial score (nSPS) is 10.5. The molecule has 1 heterocycles. The van der Waals surface area contributed by atoms with Crippen molar-refractivity contribution in [1.29, 1.82) is 0 Å². The lowest BCUT2D eigenvalue weighted by atomic mass is 10.3. The Labute approximate surface area is 93.3 Å². The molecule has 0 aliphatic heterocycles. The molecule has 14 heavy (non-hydrogen) atoms. The minimum absolute atomic E-state index is 0.154. The largest absolute Gasteiger partial charge is 0.395 e. The van der Waals surface area contributed by atoms with Crippen LogP contribution in [-0.2, 0) is 0 Å². The van der Waals surface area contributed by atoms with Gasteiger partial charge in [0.1, 0.15) is 5.15 Å². The lowest BCUT2D eigenvalue weighted by molar-refractivity contribution is 0.301. The van der Waals surface area contributed by atoms with E-state index in [1.165, 1.54) is 11.3 Å². The summed E-state index contributed by atoms with van der Waals surface area (Å²) in [6.07, 6.45) is 2.25. The maximum Gasteiger partial charge on any atom is 0.186 e. The van der Waals surface area contributed by atoms with Crippen molar-refractivity contribution in [3.05, 3.63) is 10.5 Å². The van der Waals surface area contributed by atoms with E-state index in [0.717, 1.165) is 24.5 Å². The molecule has 1 N–H and O–H groups in total. The van der Waals surface area contributed by atoms with Crippen LogP contribution in [-0.4, -0.2) is 29.8 Å². The predicted octanol–water partition coefficient (Wildman–Crippen LogP) is 2.40. The predicted molar refractivity (Wildman–Crippen MR) is 61.3 cm³/mol. The van der Waals surface area contributed by atoms with Crippen molar-refractivity contribution < 1.29 is 5.11 Å². The van der Waals surface area contributed by atoms with Crippen LogP contribution in [0, 0.1) is 0 Å². The van der Waals surface area contributed by atoms with Gasteiger partial charge in [-0.2, -0.15) is 0 Å². The third-order valence-corrected chi connectivity index (χ3v) is 3.11. The number of nitrogens with zero attached hydrogens (tertiary/aromatic N) is 2. The first kappa shape index (κ1) is 11.8. The molecule has 0 bridgehead atoms. The molecule has 0 radical (unpaired) electrons. The van der Waals surface area contributed by atoms with Crippen molar-refractivity contribution in [1.82, 2.24) is 4.98 Å². The lowest BCUT2D eigenvalue weighted by Crippen LogP contribution is -2.27. The van der Waals surface area contributed by atoms with Gasteiger partial charge in [-0.3, -0.25) is 0 Å². The van der Waals surface area contributed by atoms with Crippen LogP contribution in [0.5, 0.6) is 0 Å². The number of hydrogen-bond acceptors (Lipinski definition) is 4. The van der Waals surface area contributed by atoms with Gasteiger partial charge in [0.25, 0.3) is 0 Å². The highest BCUT2D eigenvalue weighted by molar-refractivity contribution is 7.14. The second-order valence-corrected chi connectivity index (χ2v) is 4.24. The third-order valence-electron chi connectivity index (χ3n) is 1.89. The Kier molecular flexibility index (Phi) is 5.22. The van der Waals surface area contributed by atoms with Gasteiger partial charge in [-0.1, -0.05) is 24.9 Å². The Morgan fingerprint density at radius 3 is 2.86 bits per heavy atom. The Bertz CT molecular complexity index is 267. The van der Waals surface area contributed by atoms with E-state index in [-0.39, 0.29) is 6.61 Å². The van der Waals surface area contributed by atoms with Crippen LogP contribution in [0.4, 0.5) is 5.13 Å². The first-order chi connectivity index (χ1) is 6.77. The summed E-state index contributed by atoms with van der Waals surface area (Å²) in [6.45, 7) is 3.86. The van der Waals surface area contributed by atoms with E-state index in [0.29, 0.717) is 11.7 Å². The summed E-state index contributed by atoms with van der Waals surface area (Å²) in [5.74, 6) is 0. The van der Waals surface area contributed by atoms with Crippen molar-refractivity contribution >= 4 is 28.1 Å². The highest BCUT2D eigenvalue weighted by atomic mass is 35.5. The van der Waals surface area contributed by atoms with Crippen molar-refractivity contribution in [3.63, 3.8) is 0 Å². The Hall–Kier alpha value is -0.320. The van der Waals surface area contributed by atoms with Crippen LogP contribution in [0.1, 0.15) is 19.8 Å². The molecule has 0 fully saturated rings. The van der Waals surface area contributed by atoms with E-state index in [1.807, 2.05) is 5.38 Å². The zero-order chi connectivity index (χ0) is 10.4. The van der Waals surface area contributed by atoms with Gasteiger partial charge in [0.15, 0.2) is 5.13 Å². The van der Waals surface area contributed by atoms with E-state index >= 15 is 0 Å². The standard InChI is InChI=1S/C9H15ClN2OS/c1-2-3-4-12(5-6-13)9-11-8(10)7-14-9/h7,13H,2-6H2,1H3. The molecule has 3 nitrogen and oxygen atoms in total. The fourth-order valence-corrected chi connectivity index (χ4v) is 2.17. The van der Waals surface area contributed by atoms with Crippen molar-refractivity contribution in [3.8, 4) is 0 Å². The van der Waals surface area contributed by atoms with Gasteiger partial charge in [-0.15, -0.1) is 11.3 Å². The second kappa shape index (κ2) is 6.22. The fraction of sp³-hybridized carbons (Fsp3) is 0.667. The van der Waals surface area contributed by atoms with Crippen LogP contribution >= 0.6 is 22.9 Å². The lowest BCUT2D eigenvalue weighted by Gasteiger charge is -2.19. The second-order valence-electron chi connectivity index (χ2n) is 3.02. The number of aliphatic hydroxyl groups excluding tert-OH is 1. The number of aromatic nitrogens is 1. The molecule has 0 aliphatic carbocycles. The molecule has 0 spiro atoms. The summed E-state index contributed by atoms with van der Waals surface area (Å²) in [4.78, 5) is 6.25. The van der Waals surface area contributed by atoms with Gasteiger partial charge in [0.2, 0.25) is 0 Å². The molecular weight excluding hydrogens is 220 g/mol. The fourth-order valence-electron chi connectivity index (χ4n) is 1.16. The third kappa shape index (κ3) is 3.44. The number of unbranched alkanes of at least 4 members (excludes halogenated alkanes) is 1. The van der Waals surface area contributed by atoms with Gasteiger partial charge in [-0.25, -0.2) is 4.98 Å². The number of halogens is 1. The summed E-state index contributed by atoms with van der Waals surface area (Å²) >= 11 is 7.27. The topological polar surface area (TPSA) is 36.4 Å². The highest BCUT2D eigenvalue weighted by Gasteiger charge is 2.09. The first-order valence-corrected chi connectivity index (χ1v) is 6.00. The van der Waals surface area contributed by atoms with Gasteiger partial charge in [0, 0.05) is 18.5 Å². The SMILES string of the molecule is CCCCN(CCO)c1nc(Cl)cs1. The molecule has 1 aromatic rings. The van der Waals surface area contributed by atoms with Crippen LogP contribution in [0.2, 0.25) is 5.15 Å². The first-order valence-electron chi connectivity index (χ1n) is 4.74. The van der Waals surface area contributed by atoms with Crippen LogP contribution in [0.3, 0.4) is 0 Å². The van der Waals surface area contributed by atoms with Gasteiger partial charge in [-0.05, 0) is 6.42 Å². The average Bonchev–Trinajstić information content (AvgIpc) is 2.59. The van der Waals surface area contributed by atoms with Crippen LogP contribution in [0.15, 0.2) is 5.38 Å². The average molecular weight is 235 g/mol. The molecule has 1 aromatic heterocycles. The number of thiazole rings is 1. The van der Waals surface area contributed by atoms with Crippen molar-refractivity contribution in [2.45, 2.75) is 19.8 Å². The molecule has 0 atom stereocenters. The number of anilines is 1. The summed E-state index contributed by atoms with van der Waals surface area (Å²) in [5.41, 5.74) is 0. The molecule has 80 valence electrons. The quantitative estimate of drug-likeness (QED) is 0.821. The van der Waals surface area contributed by atoms with E-state index in [4.69, 9.17) is 16.7 Å². The Morgan fingerprint density at radius 2 is 2.36 bits per heavy atom. The molecule has 1 rings (SSSR count). The molecule has 0 aromatic carbocycles. The van der Waals surface area contributed by atoms with Crippen molar-refractivity contribution in [2.75, 3.05) is 24.6 Å². The maximum atomic E-state index is 8.91. The Morgan fingerprint density at radius 1 is 1.57 bits per heavy atom. The van der Waals surface area contributed by atoms with Crippen molar-refractivity contribution in [2.24, 2.45) is 0 Å². The molecule has 0 aliphatic rings. The van der Waals surface area contributed by atoms with E-state index < -0.39 is 0 Å². The van der Waals surface area contributed by atoms with Crippen LogP contribution in [0.25, 0.3) is 0 Å². The summed E-state index contributed by atoms with van der Waals surface area (Å²) in [7, 11) is 0. The molecule has 5 heteroatoms. The van der Waals surface area contributed by atoms with E-state index in [2.05, 4.69) is 16.8 Å². The Balaban J connectivity index is 2.57. The monoisotopic (exact) mass is 234 g/mol.